The third kappa shape index (κ3) is 4.83. The van der Waals surface area contributed by atoms with Crippen molar-refractivity contribution < 1.29 is 4.39 Å². The second-order valence-electron chi connectivity index (χ2n) is 8.98. The SMILES string of the molecule is CCn1c2ccccc2c2cc(CN(Cc3ccc(CN)cc3)Cc3c(F)cccc3Cl)ccc21. The number of fused-ring (bicyclic) bond motifs is 3. The molecule has 4 aromatic carbocycles. The quantitative estimate of drug-likeness (QED) is 0.251. The Labute approximate surface area is 210 Å². The molecular weight excluding hydrogens is 457 g/mol. The van der Waals surface area contributed by atoms with Gasteiger partial charge >= 0.3 is 0 Å². The predicted octanol–water partition coefficient (Wildman–Crippen LogP) is 7.27. The van der Waals surface area contributed by atoms with Gasteiger partial charge in [-0.3, -0.25) is 4.90 Å². The molecule has 1 heterocycles. The Morgan fingerprint density at radius 3 is 2.20 bits per heavy atom. The molecule has 0 atom stereocenters. The highest BCUT2D eigenvalue weighted by atomic mass is 35.5. The van der Waals surface area contributed by atoms with E-state index in [1.165, 1.54) is 33.4 Å². The summed E-state index contributed by atoms with van der Waals surface area (Å²) in [5, 5.41) is 2.96. The van der Waals surface area contributed by atoms with Crippen molar-refractivity contribution in [1.82, 2.24) is 9.47 Å². The molecule has 0 radical (unpaired) electrons. The lowest BCUT2D eigenvalue weighted by Crippen LogP contribution is -2.23. The number of hydrogen-bond donors (Lipinski definition) is 1. The molecule has 0 aliphatic carbocycles. The van der Waals surface area contributed by atoms with E-state index >= 15 is 0 Å². The summed E-state index contributed by atoms with van der Waals surface area (Å²) in [5.74, 6) is -0.276. The van der Waals surface area contributed by atoms with Crippen molar-refractivity contribution in [3.63, 3.8) is 0 Å². The Morgan fingerprint density at radius 1 is 0.771 bits per heavy atom. The van der Waals surface area contributed by atoms with Crippen LogP contribution in [0.3, 0.4) is 0 Å². The van der Waals surface area contributed by atoms with Gasteiger partial charge in [-0.25, -0.2) is 4.39 Å². The third-order valence-electron chi connectivity index (χ3n) is 6.67. The van der Waals surface area contributed by atoms with Gasteiger partial charge in [-0.15, -0.1) is 0 Å². The molecule has 0 unspecified atom stereocenters. The summed E-state index contributed by atoms with van der Waals surface area (Å²) in [6, 6.07) is 28.4. The Balaban J connectivity index is 1.51. The van der Waals surface area contributed by atoms with Crippen LogP contribution in [-0.4, -0.2) is 9.47 Å². The van der Waals surface area contributed by atoms with Crippen molar-refractivity contribution in [3.8, 4) is 0 Å². The topological polar surface area (TPSA) is 34.2 Å². The molecule has 0 bridgehead atoms. The highest BCUT2D eigenvalue weighted by Gasteiger charge is 2.16. The van der Waals surface area contributed by atoms with Crippen LogP contribution in [0.25, 0.3) is 21.8 Å². The van der Waals surface area contributed by atoms with Crippen LogP contribution in [0.15, 0.2) is 84.9 Å². The van der Waals surface area contributed by atoms with Gasteiger partial charge in [0.25, 0.3) is 0 Å². The van der Waals surface area contributed by atoms with E-state index in [9.17, 15) is 4.39 Å². The fourth-order valence-corrected chi connectivity index (χ4v) is 5.13. The molecule has 0 aliphatic heterocycles. The first-order valence-electron chi connectivity index (χ1n) is 12.0. The average molecular weight is 486 g/mol. The van der Waals surface area contributed by atoms with Gasteiger partial charge in [0.15, 0.2) is 0 Å². The minimum atomic E-state index is -0.276. The molecule has 0 spiro atoms. The van der Waals surface area contributed by atoms with Crippen LogP contribution in [0.2, 0.25) is 5.02 Å². The van der Waals surface area contributed by atoms with Crippen LogP contribution in [0.1, 0.15) is 29.2 Å². The Bertz CT molecular complexity index is 1450. The van der Waals surface area contributed by atoms with Crippen LogP contribution in [0.4, 0.5) is 4.39 Å². The van der Waals surface area contributed by atoms with Gasteiger partial charge in [0.2, 0.25) is 0 Å². The zero-order valence-electron chi connectivity index (χ0n) is 19.8. The zero-order valence-corrected chi connectivity index (χ0v) is 20.6. The fraction of sp³-hybridized carbons (Fsp3) is 0.200. The normalized spacial score (nSPS) is 11.7. The van der Waals surface area contributed by atoms with Crippen LogP contribution >= 0.6 is 11.6 Å². The van der Waals surface area contributed by atoms with E-state index in [1.807, 2.05) is 0 Å². The van der Waals surface area contributed by atoms with E-state index in [-0.39, 0.29) is 5.82 Å². The van der Waals surface area contributed by atoms with Crippen LogP contribution in [0.5, 0.6) is 0 Å². The van der Waals surface area contributed by atoms with E-state index in [4.69, 9.17) is 17.3 Å². The van der Waals surface area contributed by atoms with E-state index in [0.717, 1.165) is 17.7 Å². The maximum Gasteiger partial charge on any atom is 0.129 e. The lowest BCUT2D eigenvalue weighted by molar-refractivity contribution is 0.244. The van der Waals surface area contributed by atoms with Crippen molar-refractivity contribution >= 4 is 33.4 Å². The molecule has 35 heavy (non-hydrogen) atoms. The number of hydrogen-bond acceptors (Lipinski definition) is 2. The molecule has 5 aromatic rings. The molecule has 2 N–H and O–H groups in total. The molecule has 0 amide bonds. The maximum atomic E-state index is 14.7. The number of aromatic nitrogens is 1. The number of nitrogens with two attached hydrogens (primary N) is 1. The molecule has 0 aliphatic rings. The average Bonchev–Trinajstić information content (AvgIpc) is 3.19. The van der Waals surface area contributed by atoms with Crippen molar-refractivity contribution in [2.45, 2.75) is 39.6 Å². The smallest absolute Gasteiger partial charge is 0.129 e. The van der Waals surface area contributed by atoms with Crippen LogP contribution in [0, 0.1) is 5.82 Å². The van der Waals surface area contributed by atoms with Gasteiger partial charge in [-0.2, -0.15) is 0 Å². The van der Waals surface area contributed by atoms with E-state index in [2.05, 4.69) is 83.1 Å². The minimum absolute atomic E-state index is 0.276. The molecule has 0 saturated carbocycles. The van der Waals surface area contributed by atoms with Gasteiger partial charge in [0.05, 0.1) is 0 Å². The maximum absolute atomic E-state index is 14.7. The standard InChI is InChI=1S/C30H29ClFN3/c1-2-35-29-9-4-3-6-24(29)25-16-23(14-15-30(25)35)19-34(18-22-12-10-21(17-33)11-13-22)20-26-27(31)7-5-8-28(26)32/h3-16H,2,17-20,33H2,1H3. The Morgan fingerprint density at radius 2 is 1.46 bits per heavy atom. The number of aryl methyl sites for hydroxylation is 1. The van der Waals surface area contributed by atoms with Gasteiger partial charge < -0.3 is 10.3 Å². The van der Waals surface area contributed by atoms with Crippen molar-refractivity contribution in [3.05, 3.63) is 118 Å². The number of halogens is 2. The highest BCUT2D eigenvalue weighted by Crippen LogP contribution is 2.30. The van der Waals surface area contributed by atoms with Crippen LogP contribution in [-0.2, 0) is 32.7 Å². The monoisotopic (exact) mass is 485 g/mol. The van der Waals surface area contributed by atoms with Gasteiger partial charge in [-0.05, 0) is 53.9 Å². The fourth-order valence-electron chi connectivity index (χ4n) is 4.91. The Hall–Kier alpha value is -3.18. The number of nitrogens with zero attached hydrogens (tertiary/aromatic N) is 2. The van der Waals surface area contributed by atoms with E-state index in [1.54, 1.807) is 12.1 Å². The van der Waals surface area contributed by atoms with Crippen molar-refractivity contribution in [1.29, 1.82) is 0 Å². The van der Waals surface area contributed by atoms with Crippen molar-refractivity contribution in [2.75, 3.05) is 0 Å². The predicted molar refractivity (Wildman–Crippen MR) is 144 cm³/mol. The lowest BCUT2D eigenvalue weighted by atomic mass is 10.1. The number of para-hydroxylation sites is 1. The van der Waals surface area contributed by atoms with Crippen LogP contribution < -0.4 is 5.73 Å². The van der Waals surface area contributed by atoms with E-state index in [0.29, 0.717) is 36.8 Å². The number of rotatable bonds is 8. The first-order chi connectivity index (χ1) is 17.1. The van der Waals surface area contributed by atoms with Gasteiger partial charge in [0, 0.05) is 65.1 Å². The van der Waals surface area contributed by atoms with Gasteiger partial charge in [-0.1, -0.05) is 66.2 Å². The second kappa shape index (κ2) is 10.2. The molecule has 5 heteroatoms. The van der Waals surface area contributed by atoms with Gasteiger partial charge in [0.1, 0.15) is 5.82 Å². The molecular formula is C30H29ClFN3. The molecule has 0 fully saturated rings. The molecule has 1 aromatic heterocycles. The second-order valence-corrected chi connectivity index (χ2v) is 9.39. The summed E-state index contributed by atoms with van der Waals surface area (Å²) in [5.41, 5.74) is 12.2. The number of benzene rings is 4. The summed E-state index contributed by atoms with van der Waals surface area (Å²) in [7, 11) is 0. The third-order valence-corrected chi connectivity index (χ3v) is 7.02. The molecule has 0 saturated heterocycles. The molecule has 178 valence electrons. The summed E-state index contributed by atoms with van der Waals surface area (Å²) in [4.78, 5) is 2.24. The molecule has 5 rings (SSSR count). The summed E-state index contributed by atoms with van der Waals surface area (Å²) < 4.78 is 17.0. The Kier molecular flexibility index (Phi) is 6.87. The summed E-state index contributed by atoms with van der Waals surface area (Å²) in [6.07, 6.45) is 0. The van der Waals surface area contributed by atoms with Crippen molar-refractivity contribution in [2.24, 2.45) is 5.73 Å². The lowest BCUT2D eigenvalue weighted by Gasteiger charge is -2.24. The highest BCUT2D eigenvalue weighted by molar-refractivity contribution is 6.31. The zero-order chi connectivity index (χ0) is 24.4. The largest absolute Gasteiger partial charge is 0.341 e. The summed E-state index contributed by atoms with van der Waals surface area (Å²) in [6.45, 7) is 5.37. The van der Waals surface area contributed by atoms with E-state index < -0.39 is 0 Å². The molecule has 3 nitrogen and oxygen atoms in total. The first-order valence-corrected chi connectivity index (χ1v) is 12.4. The summed E-state index contributed by atoms with van der Waals surface area (Å²) >= 11 is 6.40. The minimum Gasteiger partial charge on any atom is -0.341 e. The first kappa shape index (κ1) is 23.6.